The molecule has 0 saturated carbocycles. The molecule has 0 saturated heterocycles. The first kappa shape index (κ1) is 11.9. The number of aryl methyl sites for hydroxylation is 1. The zero-order valence-electron chi connectivity index (χ0n) is 10.1. The molecule has 1 aromatic heterocycles. The molecule has 0 spiro atoms. The molecule has 1 amide bonds. The molecule has 18 heavy (non-hydrogen) atoms. The van der Waals surface area contributed by atoms with Crippen LogP contribution in [0.1, 0.15) is 29.0 Å². The first-order valence-electron chi connectivity index (χ1n) is 5.79. The van der Waals surface area contributed by atoms with Gasteiger partial charge < -0.3 is 9.88 Å². The molecule has 1 atom stereocenters. The summed E-state index contributed by atoms with van der Waals surface area (Å²) in [5.41, 5.74) is 2.50. The average molecular weight is 283 g/mol. The summed E-state index contributed by atoms with van der Waals surface area (Å²) in [6.07, 6.45) is 0. The van der Waals surface area contributed by atoms with Crippen LogP contribution in [0.4, 0.5) is 0 Å². The summed E-state index contributed by atoms with van der Waals surface area (Å²) >= 11 is 12.4. The second-order valence-electron chi connectivity index (χ2n) is 4.66. The van der Waals surface area contributed by atoms with Gasteiger partial charge in [-0.3, -0.25) is 4.79 Å². The topological polar surface area (TPSA) is 34.0 Å². The highest BCUT2D eigenvalue weighted by atomic mass is 35.5. The molecule has 2 aromatic rings. The van der Waals surface area contributed by atoms with Gasteiger partial charge in [0.15, 0.2) is 0 Å². The maximum Gasteiger partial charge on any atom is 0.268 e. The summed E-state index contributed by atoms with van der Waals surface area (Å²) in [4.78, 5) is 12.0. The van der Waals surface area contributed by atoms with Crippen molar-refractivity contribution in [3.63, 3.8) is 0 Å². The van der Waals surface area contributed by atoms with Gasteiger partial charge in [0.05, 0.1) is 15.6 Å². The van der Waals surface area contributed by atoms with E-state index in [1.165, 1.54) is 0 Å². The van der Waals surface area contributed by atoms with Crippen molar-refractivity contribution in [2.45, 2.75) is 19.9 Å². The number of amides is 1. The SMILES string of the molecule is Cc1c2n(c3c(Cl)c(Cl)ccc13)C(C)CNC2=O. The molecule has 1 aliphatic heterocycles. The molecule has 5 heteroatoms. The minimum absolute atomic E-state index is 0.0472. The molecular formula is C13H12Cl2N2O. The number of halogens is 2. The molecule has 0 aliphatic carbocycles. The minimum atomic E-state index is -0.0472. The summed E-state index contributed by atoms with van der Waals surface area (Å²) < 4.78 is 2.00. The lowest BCUT2D eigenvalue weighted by atomic mass is 10.1. The molecule has 1 unspecified atom stereocenters. The fourth-order valence-electron chi connectivity index (χ4n) is 2.63. The Bertz CT molecular complexity index is 675. The van der Waals surface area contributed by atoms with Gasteiger partial charge in [-0.25, -0.2) is 0 Å². The summed E-state index contributed by atoms with van der Waals surface area (Å²) in [7, 11) is 0. The van der Waals surface area contributed by atoms with E-state index in [9.17, 15) is 4.79 Å². The van der Waals surface area contributed by atoms with E-state index in [0.717, 1.165) is 16.5 Å². The molecule has 0 bridgehead atoms. The Balaban J connectivity index is 2.51. The van der Waals surface area contributed by atoms with E-state index in [1.54, 1.807) is 6.07 Å². The molecule has 1 N–H and O–H groups in total. The van der Waals surface area contributed by atoms with Gasteiger partial charge in [-0.1, -0.05) is 29.3 Å². The molecule has 94 valence electrons. The van der Waals surface area contributed by atoms with E-state index < -0.39 is 0 Å². The van der Waals surface area contributed by atoms with Gasteiger partial charge >= 0.3 is 0 Å². The van der Waals surface area contributed by atoms with Crippen molar-refractivity contribution in [1.29, 1.82) is 0 Å². The summed E-state index contributed by atoms with van der Waals surface area (Å²) in [5, 5.41) is 4.91. The molecule has 0 radical (unpaired) electrons. The van der Waals surface area contributed by atoms with Crippen molar-refractivity contribution in [2.75, 3.05) is 6.54 Å². The third-order valence-electron chi connectivity index (χ3n) is 3.52. The predicted octanol–water partition coefficient (Wildman–Crippen LogP) is 3.56. The van der Waals surface area contributed by atoms with Crippen LogP contribution < -0.4 is 5.32 Å². The lowest BCUT2D eigenvalue weighted by Crippen LogP contribution is -2.38. The van der Waals surface area contributed by atoms with Crippen molar-refractivity contribution in [1.82, 2.24) is 9.88 Å². The van der Waals surface area contributed by atoms with Crippen LogP contribution in [0.25, 0.3) is 10.9 Å². The Kier molecular flexibility index (Phi) is 2.57. The summed E-state index contributed by atoms with van der Waals surface area (Å²) in [6, 6.07) is 3.86. The number of nitrogens with zero attached hydrogens (tertiary/aromatic N) is 1. The van der Waals surface area contributed by atoms with E-state index in [4.69, 9.17) is 23.2 Å². The quantitative estimate of drug-likeness (QED) is 0.788. The van der Waals surface area contributed by atoms with E-state index >= 15 is 0 Å². The van der Waals surface area contributed by atoms with E-state index in [-0.39, 0.29) is 11.9 Å². The summed E-state index contributed by atoms with van der Waals surface area (Å²) in [6.45, 7) is 4.60. The van der Waals surface area contributed by atoms with E-state index in [1.807, 2.05) is 17.6 Å². The number of aromatic nitrogens is 1. The Labute approximate surface area is 115 Å². The monoisotopic (exact) mass is 282 g/mol. The Morgan fingerprint density at radius 2 is 2.11 bits per heavy atom. The predicted molar refractivity (Wildman–Crippen MR) is 73.7 cm³/mol. The van der Waals surface area contributed by atoms with Gasteiger partial charge in [0.1, 0.15) is 5.69 Å². The van der Waals surface area contributed by atoms with Crippen LogP contribution in [-0.4, -0.2) is 17.0 Å². The minimum Gasteiger partial charge on any atom is -0.349 e. The third-order valence-corrected chi connectivity index (χ3v) is 4.32. The number of hydrogen-bond donors (Lipinski definition) is 1. The normalized spacial score (nSPS) is 18.9. The number of hydrogen-bond acceptors (Lipinski definition) is 1. The van der Waals surface area contributed by atoms with Crippen LogP contribution in [0.15, 0.2) is 12.1 Å². The fourth-order valence-corrected chi connectivity index (χ4v) is 3.04. The van der Waals surface area contributed by atoms with Gasteiger partial charge in [-0.15, -0.1) is 0 Å². The van der Waals surface area contributed by atoms with Gasteiger partial charge in [0.2, 0.25) is 0 Å². The number of nitrogens with one attached hydrogen (secondary N) is 1. The number of fused-ring (bicyclic) bond motifs is 3. The number of benzene rings is 1. The van der Waals surface area contributed by atoms with Gasteiger partial charge in [-0.2, -0.15) is 0 Å². The highest BCUT2D eigenvalue weighted by molar-refractivity contribution is 6.45. The molecular weight excluding hydrogens is 271 g/mol. The van der Waals surface area contributed by atoms with Crippen molar-refractivity contribution < 1.29 is 4.79 Å². The number of carbonyl (C=O) groups excluding carboxylic acids is 1. The van der Waals surface area contributed by atoms with Crippen LogP contribution in [-0.2, 0) is 0 Å². The van der Waals surface area contributed by atoms with Crippen LogP contribution in [0, 0.1) is 6.92 Å². The van der Waals surface area contributed by atoms with Crippen molar-refractivity contribution in [2.24, 2.45) is 0 Å². The van der Waals surface area contributed by atoms with Gasteiger partial charge in [0, 0.05) is 18.0 Å². The largest absolute Gasteiger partial charge is 0.349 e. The highest BCUT2D eigenvalue weighted by Gasteiger charge is 2.28. The first-order chi connectivity index (χ1) is 8.52. The van der Waals surface area contributed by atoms with Crippen LogP contribution >= 0.6 is 23.2 Å². The standard InChI is InChI=1S/C13H12Cl2N2O/c1-6-5-16-13(18)11-7(2)8-3-4-9(14)10(15)12(8)17(6)11/h3-4,6H,5H2,1-2H3,(H,16,18). The van der Waals surface area contributed by atoms with E-state index in [2.05, 4.69) is 12.2 Å². The molecule has 1 aliphatic rings. The highest BCUT2D eigenvalue weighted by Crippen LogP contribution is 2.38. The zero-order chi connectivity index (χ0) is 13.0. The van der Waals surface area contributed by atoms with Gasteiger partial charge in [0.25, 0.3) is 5.91 Å². The van der Waals surface area contributed by atoms with Crippen LogP contribution in [0.5, 0.6) is 0 Å². The van der Waals surface area contributed by atoms with Crippen molar-refractivity contribution in [3.05, 3.63) is 33.4 Å². The fraction of sp³-hybridized carbons (Fsp3) is 0.308. The lowest BCUT2D eigenvalue weighted by Gasteiger charge is -2.24. The van der Waals surface area contributed by atoms with Crippen molar-refractivity contribution >= 4 is 40.0 Å². The smallest absolute Gasteiger partial charge is 0.268 e. The van der Waals surface area contributed by atoms with E-state index in [0.29, 0.717) is 22.3 Å². The van der Waals surface area contributed by atoms with Crippen LogP contribution in [0.3, 0.4) is 0 Å². The summed E-state index contributed by atoms with van der Waals surface area (Å²) in [5.74, 6) is -0.0472. The molecule has 0 fully saturated rings. The Morgan fingerprint density at radius 3 is 2.83 bits per heavy atom. The molecule has 3 rings (SSSR count). The zero-order valence-corrected chi connectivity index (χ0v) is 11.6. The molecule has 2 heterocycles. The molecule has 1 aromatic carbocycles. The maximum atomic E-state index is 12.0. The third kappa shape index (κ3) is 1.41. The second kappa shape index (κ2) is 3.90. The number of rotatable bonds is 0. The second-order valence-corrected chi connectivity index (χ2v) is 5.45. The van der Waals surface area contributed by atoms with Crippen molar-refractivity contribution in [3.8, 4) is 0 Å². The Morgan fingerprint density at radius 1 is 1.39 bits per heavy atom. The van der Waals surface area contributed by atoms with Crippen LogP contribution in [0.2, 0.25) is 10.0 Å². The Hall–Kier alpha value is -1.19. The van der Waals surface area contributed by atoms with Gasteiger partial charge in [-0.05, 0) is 25.5 Å². The lowest BCUT2D eigenvalue weighted by molar-refractivity contribution is 0.0918. The number of carbonyl (C=O) groups is 1. The average Bonchev–Trinajstić information content (AvgIpc) is 2.64. The first-order valence-corrected chi connectivity index (χ1v) is 6.54. The maximum absolute atomic E-state index is 12.0. The molecule has 3 nitrogen and oxygen atoms in total.